The molecule has 1 aliphatic rings. The highest BCUT2D eigenvalue weighted by atomic mass is 35.5. The maximum Gasteiger partial charge on any atom is 0.387 e. The van der Waals surface area contributed by atoms with E-state index in [1.165, 1.54) is 0 Å². The van der Waals surface area contributed by atoms with Crippen molar-refractivity contribution in [1.82, 2.24) is 4.90 Å². The molecule has 0 unspecified atom stereocenters. The van der Waals surface area contributed by atoms with Gasteiger partial charge in [-0.25, -0.2) is 0 Å². The maximum atomic E-state index is 12.3. The molecule has 0 aliphatic carbocycles. The van der Waals surface area contributed by atoms with Crippen LogP contribution in [0.5, 0.6) is 5.75 Å². The lowest BCUT2D eigenvalue weighted by molar-refractivity contribution is -0.0508. The predicted molar refractivity (Wildman–Crippen MR) is 84.6 cm³/mol. The number of nitrogens with zero attached hydrogens (tertiary/aromatic N) is 1. The second-order valence-electron chi connectivity index (χ2n) is 4.94. The van der Waals surface area contributed by atoms with E-state index in [1.54, 1.807) is 12.1 Å². The summed E-state index contributed by atoms with van der Waals surface area (Å²) in [6.07, 6.45) is 2.16. The SMILES string of the molecule is Cl.Cl.NCC1CCN(Cc2ccccc2OC(F)F)CC1. The predicted octanol–water partition coefficient (Wildman–Crippen LogP) is 3.30. The Morgan fingerprint density at radius 3 is 2.38 bits per heavy atom. The third-order valence-corrected chi connectivity index (χ3v) is 3.62. The molecule has 21 heavy (non-hydrogen) atoms. The molecule has 1 aromatic rings. The third kappa shape index (κ3) is 6.34. The highest BCUT2D eigenvalue weighted by Crippen LogP contribution is 2.24. The molecule has 0 bridgehead atoms. The van der Waals surface area contributed by atoms with Gasteiger partial charge in [-0.3, -0.25) is 4.90 Å². The molecule has 2 N–H and O–H groups in total. The molecule has 1 fully saturated rings. The molecule has 2 rings (SSSR count). The monoisotopic (exact) mass is 342 g/mol. The van der Waals surface area contributed by atoms with Crippen LogP contribution in [0, 0.1) is 5.92 Å². The number of nitrogens with two attached hydrogens (primary N) is 1. The van der Waals surface area contributed by atoms with Crippen LogP contribution in [0.1, 0.15) is 18.4 Å². The van der Waals surface area contributed by atoms with E-state index in [4.69, 9.17) is 5.73 Å². The van der Waals surface area contributed by atoms with Crippen LogP contribution in [0.4, 0.5) is 8.78 Å². The van der Waals surface area contributed by atoms with E-state index in [0.717, 1.165) is 38.0 Å². The minimum Gasteiger partial charge on any atom is -0.434 e. The van der Waals surface area contributed by atoms with Gasteiger partial charge < -0.3 is 10.5 Å². The number of likely N-dealkylation sites (tertiary alicyclic amines) is 1. The molecule has 0 spiro atoms. The van der Waals surface area contributed by atoms with Gasteiger partial charge >= 0.3 is 6.61 Å². The number of piperidine rings is 1. The Balaban J connectivity index is 0.00000200. The van der Waals surface area contributed by atoms with Crippen LogP contribution >= 0.6 is 24.8 Å². The van der Waals surface area contributed by atoms with Crippen LogP contribution in [0.25, 0.3) is 0 Å². The van der Waals surface area contributed by atoms with Gasteiger partial charge in [-0.15, -0.1) is 24.8 Å². The Morgan fingerprint density at radius 2 is 1.81 bits per heavy atom. The molecule has 7 heteroatoms. The molecule has 3 nitrogen and oxygen atoms in total. The Bertz CT molecular complexity index is 402. The summed E-state index contributed by atoms with van der Waals surface area (Å²) in [4.78, 5) is 2.26. The van der Waals surface area contributed by atoms with Crippen molar-refractivity contribution >= 4 is 24.8 Å². The highest BCUT2D eigenvalue weighted by Gasteiger charge is 2.19. The van der Waals surface area contributed by atoms with Crippen molar-refractivity contribution < 1.29 is 13.5 Å². The quantitative estimate of drug-likeness (QED) is 0.892. The van der Waals surface area contributed by atoms with E-state index in [9.17, 15) is 8.78 Å². The van der Waals surface area contributed by atoms with Gasteiger partial charge in [0, 0.05) is 12.1 Å². The summed E-state index contributed by atoms with van der Waals surface area (Å²) in [7, 11) is 0. The zero-order valence-electron chi connectivity index (χ0n) is 11.7. The van der Waals surface area contributed by atoms with Gasteiger partial charge in [0.05, 0.1) is 0 Å². The first-order valence-electron chi connectivity index (χ1n) is 6.64. The van der Waals surface area contributed by atoms with Gasteiger partial charge in [0.2, 0.25) is 0 Å². The summed E-state index contributed by atoms with van der Waals surface area (Å²) in [6.45, 7) is 0.540. The lowest BCUT2D eigenvalue weighted by Gasteiger charge is -2.31. The van der Waals surface area contributed by atoms with Gasteiger partial charge in [-0.2, -0.15) is 8.78 Å². The maximum absolute atomic E-state index is 12.3. The van der Waals surface area contributed by atoms with Crippen molar-refractivity contribution in [3.8, 4) is 5.75 Å². The first kappa shape index (κ1) is 20.4. The van der Waals surface area contributed by atoms with Crippen LogP contribution < -0.4 is 10.5 Å². The molecule has 0 amide bonds. The number of hydrogen-bond donors (Lipinski definition) is 1. The number of hydrogen-bond acceptors (Lipinski definition) is 3. The van der Waals surface area contributed by atoms with Crippen LogP contribution in [-0.2, 0) is 6.54 Å². The van der Waals surface area contributed by atoms with Gasteiger partial charge in [0.15, 0.2) is 0 Å². The summed E-state index contributed by atoms with van der Waals surface area (Å²) < 4.78 is 29.2. The van der Waals surface area contributed by atoms with Crippen LogP contribution in [0.15, 0.2) is 24.3 Å². The standard InChI is InChI=1S/C14H20F2N2O.2ClH/c15-14(16)19-13-4-2-1-3-12(13)10-18-7-5-11(9-17)6-8-18;;/h1-4,11,14H,5-10,17H2;2*1H. The second kappa shape index (κ2) is 10.2. The fourth-order valence-corrected chi connectivity index (χ4v) is 2.47. The van der Waals surface area contributed by atoms with E-state index >= 15 is 0 Å². The largest absolute Gasteiger partial charge is 0.434 e. The molecule has 122 valence electrons. The second-order valence-corrected chi connectivity index (χ2v) is 4.94. The molecule has 1 aromatic carbocycles. The van der Waals surface area contributed by atoms with Crippen molar-refractivity contribution in [2.45, 2.75) is 26.0 Å². The highest BCUT2D eigenvalue weighted by molar-refractivity contribution is 5.85. The molecule has 1 aliphatic heterocycles. The van der Waals surface area contributed by atoms with E-state index in [0.29, 0.717) is 12.5 Å². The summed E-state index contributed by atoms with van der Waals surface area (Å²) in [5.74, 6) is 0.877. The molecule has 0 radical (unpaired) electrons. The van der Waals surface area contributed by atoms with Gasteiger partial charge in [0.1, 0.15) is 5.75 Å². The number of alkyl halides is 2. The topological polar surface area (TPSA) is 38.5 Å². The minimum absolute atomic E-state index is 0. The van der Waals surface area contributed by atoms with Crippen molar-refractivity contribution in [3.63, 3.8) is 0 Å². The van der Waals surface area contributed by atoms with Crippen molar-refractivity contribution in [1.29, 1.82) is 0 Å². The van der Waals surface area contributed by atoms with E-state index in [-0.39, 0.29) is 30.6 Å². The lowest BCUT2D eigenvalue weighted by Crippen LogP contribution is -2.35. The van der Waals surface area contributed by atoms with Crippen LogP contribution in [-0.4, -0.2) is 31.1 Å². The smallest absolute Gasteiger partial charge is 0.387 e. The van der Waals surface area contributed by atoms with E-state index in [1.807, 2.05) is 12.1 Å². The zero-order valence-corrected chi connectivity index (χ0v) is 13.3. The fraction of sp³-hybridized carbons (Fsp3) is 0.571. The fourth-order valence-electron chi connectivity index (χ4n) is 2.47. The molecule has 0 atom stereocenters. The summed E-state index contributed by atoms with van der Waals surface area (Å²) in [5, 5.41) is 0. The van der Waals surface area contributed by atoms with E-state index < -0.39 is 6.61 Å². The number of para-hydroxylation sites is 1. The van der Waals surface area contributed by atoms with Crippen LogP contribution in [0.2, 0.25) is 0 Å². The Kier molecular flexibility index (Phi) is 9.86. The summed E-state index contributed by atoms with van der Waals surface area (Å²) in [5.41, 5.74) is 6.47. The number of rotatable bonds is 5. The normalized spacial score (nSPS) is 16.2. The molecular formula is C14H22Cl2F2N2O. The number of halogens is 4. The average Bonchev–Trinajstić information content (AvgIpc) is 2.41. The first-order valence-corrected chi connectivity index (χ1v) is 6.64. The Morgan fingerprint density at radius 1 is 1.19 bits per heavy atom. The van der Waals surface area contributed by atoms with Crippen molar-refractivity contribution in [2.75, 3.05) is 19.6 Å². The minimum atomic E-state index is -2.77. The average molecular weight is 343 g/mol. The first-order chi connectivity index (χ1) is 9.19. The Labute approximate surface area is 136 Å². The van der Waals surface area contributed by atoms with Gasteiger partial charge in [-0.1, -0.05) is 18.2 Å². The van der Waals surface area contributed by atoms with E-state index in [2.05, 4.69) is 9.64 Å². The van der Waals surface area contributed by atoms with Crippen LogP contribution in [0.3, 0.4) is 0 Å². The summed E-state index contributed by atoms with van der Waals surface area (Å²) in [6, 6.07) is 6.99. The molecular weight excluding hydrogens is 321 g/mol. The lowest BCUT2D eigenvalue weighted by atomic mass is 9.97. The van der Waals surface area contributed by atoms with Crippen molar-refractivity contribution in [3.05, 3.63) is 29.8 Å². The third-order valence-electron chi connectivity index (χ3n) is 3.62. The molecule has 1 saturated heterocycles. The molecule has 0 saturated carbocycles. The molecule has 1 heterocycles. The number of ether oxygens (including phenoxy) is 1. The number of benzene rings is 1. The van der Waals surface area contributed by atoms with Crippen molar-refractivity contribution in [2.24, 2.45) is 11.7 Å². The molecule has 0 aromatic heterocycles. The summed E-state index contributed by atoms with van der Waals surface area (Å²) >= 11 is 0. The Hall–Kier alpha value is -0.620. The van der Waals surface area contributed by atoms with Gasteiger partial charge in [-0.05, 0) is 44.5 Å². The zero-order chi connectivity index (χ0) is 13.7. The van der Waals surface area contributed by atoms with Gasteiger partial charge in [0.25, 0.3) is 0 Å².